The molecule has 2 rings (SSSR count). The lowest BCUT2D eigenvalue weighted by Gasteiger charge is -2.06. The molecule has 90 valence electrons. The monoisotopic (exact) mass is 250 g/mol. The molecule has 1 aromatic rings. The molecule has 17 heavy (non-hydrogen) atoms. The fourth-order valence-corrected chi connectivity index (χ4v) is 2.61. The number of nitrogens with two attached hydrogens (primary N) is 1. The van der Waals surface area contributed by atoms with Crippen LogP contribution >= 0.6 is 11.8 Å². The molecule has 0 unspecified atom stereocenters. The summed E-state index contributed by atoms with van der Waals surface area (Å²) in [5.74, 6) is -0.189. The van der Waals surface area contributed by atoms with Crippen LogP contribution in [0.1, 0.15) is 11.1 Å². The summed E-state index contributed by atoms with van der Waals surface area (Å²) in [6, 6.07) is 8.01. The van der Waals surface area contributed by atoms with Gasteiger partial charge in [0.25, 0.3) is 5.24 Å². The number of thioether (sulfide) groups is 1. The van der Waals surface area contributed by atoms with E-state index in [2.05, 4.69) is 5.32 Å². The summed E-state index contributed by atoms with van der Waals surface area (Å²) in [5, 5.41) is 1.75. The molecule has 1 heterocycles. The number of benzene rings is 1. The van der Waals surface area contributed by atoms with Crippen molar-refractivity contribution < 1.29 is 9.59 Å². The SMILES string of the molecule is NCCc1ccc(C[C@H]2SC(=O)NC2=O)cc1. The number of carbonyl (C=O) groups excluding carboxylic acids is 2. The molecule has 1 saturated heterocycles. The molecule has 4 nitrogen and oxygen atoms in total. The minimum atomic E-state index is -0.289. The van der Waals surface area contributed by atoms with Gasteiger partial charge in [-0.2, -0.15) is 0 Å². The quantitative estimate of drug-likeness (QED) is 0.839. The Labute approximate surface area is 104 Å². The Bertz CT molecular complexity index is 431. The zero-order valence-electron chi connectivity index (χ0n) is 9.31. The highest BCUT2D eigenvalue weighted by Gasteiger charge is 2.31. The molecule has 1 aliphatic rings. The van der Waals surface area contributed by atoms with Gasteiger partial charge >= 0.3 is 0 Å². The number of nitrogens with one attached hydrogen (secondary N) is 1. The Morgan fingerprint density at radius 2 is 1.82 bits per heavy atom. The average molecular weight is 250 g/mol. The van der Waals surface area contributed by atoms with Crippen LogP contribution in [-0.4, -0.2) is 22.9 Å². The molecule has 1 fully saturated rings. The first-order valence-electron chi connectivity index (χ1n) is 5.48. The first kappa shape index (κ1) is 12.1. The Balaban J connectivity index is 1.99. The summed E-state index contributed by atoms with van der Waals surface area (Å²) < 4.78 is 0. The van der Waals surface area contributed by atoms with E-state index in [0.717, 1.165) is 23.7 Å². The van der Waals surface area contributed by atoms with Crippen LogP contribution in [0.4, 0.5) is 4.79 Å². The summed E-state index contributed by atoms with van der Waals surface area (Å²) in [6.45, 7) is 0.634. The number of carbonyl (C=O) groups is 2. The van der Waals surface area contributed by atoms with Crippen LogP contribution in [0.15, 0.2) is 24.3 Å². The first-order chi connectivity index (χ1) is 8.19. The second kappa shape index (κ2) is 5.33. The van der Waals surface area contributed by atoms with E-state index in [1.165, 1.54) is 5.56 Å². The molecular weight excluding hydrogens is 236 g/mol. The fourth-order valence-electron chi connectivity index (χ4n) is 1.75. The Morgan fingerprint density at radius 1 is 1.18 bits per heavy atom. The maximum atomic E-state index is 11.4. The van der Waals surface area contributed by atoms with Crippen LogP contribution in [0.2, 0.25) is 0 Å². The van der Waals surface area contributed by atoms with E-state index in [9.17, 15) is 9.59 Å². The molecule has 0 aromatic heterocycles. The van der Waals surface area contributed by atoms with Gasteiger partial charge in [0.05, 0.1) is 5.25 Å². The number of amides is 2. The Kier molecular flexibility index (Phi) is 3.81. The van der Waals surface area contributed by atoms with E-state index >= 15 is 0 Å². The third kappa shape index (κ3) is 3.08. The third-order valence-corrected chi connectivity index (χ3v) is 3.63. The van der Waals surface area contributed by atoms with Crippen LogP contribution in [0.5, 0.6) is 0 Å². The van der Waals surface area contributed by atoms with Crippen molar-refractivity contribution in [1.29, 1.82) is 0 Å². The number of hydrogen-bond donors (Lipinski definition) is 2. The van der Waals surface area contributed by atoms with E-state index < -0.39 is 0 Å². The molecule has 0 saturated carbocycles. The molecule has 0 spiro atoms. The zero-order valence-corrected chi connectivity index (χ0v) is 10.1. The van der Waals surface area contributed by atoms with Gasteiger partial charge in [-0.3, -0.25) is 14.9 Å². The van der Waals surface area contributed by atoms with Gasteiger partial charge in [-0.1, -0.05) is 36.0 Å². The standard InChI is InChI=1S/C12H14N2O2S/c13-6-5-8-1-3-9(4-2-8)7-10-11(15)14-12(16)17-10/h1-4,10H,5-7,13H2,(H,14,15,16)/t10-/m1/s1. The molecule has 0 bridgehead atoms. The lowest BCUT2D eigenvalue weighted by Crippen LogP contribution is -2.25. The minimum absolute atomic E-state index is 0.189. The third-order valence-electron chi connectivity index (χ3n) is 2.64. The molecule has 0 aliphatic carbocycles. The lowest BCUT2D eigenvalue weighted by molar-refractivity contribution is -0.118. The topological polar surface area (TPSA) is 72.2 Å². The van der Waals surface area contributed by atoms with Crippen molar-refractivity contribution in [1.82, 2.24) is 5.32 Å². The number of rotatable bonds is 4. The normalized spacial score (nSPS) is 19.5. The zero-order chi connectivity index (χ0) is 12.3. The van der Waals surface area contributed by atoms with Crippen molar-refractivity contribution in [2.45, 2.75) is 18.1 Å². The molecule has 1 aliphatic heterocycles. The summed E-state index contributed by atoms with van der Waals surface area (Å²) in [6.07, 6.45) is 1.45. The van der Waals surface area contributed by atoms with E-state index in [1.807, 2.05) is 24.3 Å². The Morgan fingerprint density at radius 3 is 2.35 bits per heavy atom. The van der Waals surface area contributed by atoms with Crippen LogP contribution in [0.3, 0.4) is 0 Å². The van der Waals surface area contributed by atoms with Gasteiger partial charge in [0.1, 0.15) is 0 Å². The predicted molar refractivity (Wildman–Crippen MR) is 67.8 cm³/mol. The first-order valence-corrected chi connectivity index (χ1v) is 6.36. The predicted octanol–water partition coefficient (Wildman–Crippen LogP) is 1.08. The largest absolute Gasteiger partial charge is 0.330 e. The van der Waals surface area contributed by atoms with Gasteiger partial charge in [-0.25, -0.2) is 0 Å². The van der Waals surface area contributed by atoms with Gasteiger partial charge in [0, 0.05) is 0 Å². The summed E-state index contributed by atoms with van der Waals surface area (Å²) in [7, 11) is 0. The second-order valence-corrected chi connectivity index (χ2v) is 5.12. The van der Waals surface area contributed by atoms with Gasteiger partial charge < -0.3 is 5.73 Å². The van der Waals surface area contributed by atoms with Crippen molar-refractivity contribution in [2.75, 3.05) is 6.54 Å². The smallest absolute Gasteiger partial charge is 0.286 e. The van der Waals surface area contributed by atoms with Crippen LogP contribution in [0, 0.1) is 0 Å². The van der Waals surface area contributed by atoms with Crippen LogP contribution in [-0.2, 0) is 17.6 Å². The highest BCUT2D eigenvalue weighted by atomic mass is 32.2. The van der Waals surface area contributed by atoms with E-state index in [4.69, 9.17) is 5.73 Å². The van der Waals surface area contributed by atoms with Crippen molar-refractivity contribution in [3.05, 3.63) is 35.4 Å². The number of imide groups is 1. The van der Waals surface area contributed by atoms with Crippen molar-refractivity contribution in [3.8, 4) is 0 Å². The van der Waals surface area contributed by atoms with Crippen molar-refractivity contribution in [3.63, 3.8) is 0 Å². The second-order valence-electron chi connectivity index (χ2n) is 3.94. The van der Waals surface area contributed by atoms with E-state index in [0.29, 0.717) is 13.0 Å². The molecule has 5 heteroatoms. The van der Waals surface area contributed by atoms with E-state index in [1.54, 1.807) is 0 Å². The maximum Gasteiger partial charge on any atom is 0.286 e. The van der Waals surface area contributed by atoms with Crippen molar-refractivity contribution in [2.24, 2.45) is 5.73 Å². The maximum absolute atomic E-state index is 11.4. The molecule has 3 N–H and O–H groups in total. The van der Waals surface area contributed by atoms with Crippen LogP contribution < -0.4 is 11.1 Å². The highest BCUT2D eigenvalue weighted by molar-refractivity contribution is 8.15. The van der Waals surface area contributed by atoms with Gasteiger partial charge in [-0.05, 0) is 30.5 Å². The van der Waals surface area contributed by atoms with Gasteiger partial charge in [-0.15, -0.1) is 0 Å². The number of hydrogen-bond acceptors (Lipinski definition) is 4. The lowest BCUT2D eigenvalue weighted by atomic mass is 10.1. The molecule has 1 aromatic carbocycles. The molecule has 1 atom stereocenters. The highest BCUT2D eigenvalue weighted by Crippen LogP contribution is 2.22. The Hall–Kier alpha value is -1.33. The molecular formula is C12H14N2O2S. The summed E-state index contributed by atoms with van der Waals surface area (Å²) in [5.41, 5.74) is 7.72. The fraction of sp³-hybridized carbons (Fsp3) is 0.333. The van der Waals surface area contributed by atoms with Crippen LogP contribution in [0.25, 0.3) is 0 Å². The summed E-state index contributed by atoms with van der Waals surface area (Å²) in [4.78, 5) is 22.4. The minimum Gasteiger partial charge on any atom is -0.330 e. The molecule has 2 amide bonds. The summed E-state index contributed by atoms with van der Waals surface area (Å²) >= 11 is 1.06. The van der Waals surface area contributed by atoms with Gasteiger partial charge in [0.15, 0.2) is 0 Å². The van der Waals surface area contributed by atoms with Gasteiger partial charge in [0.2, 0.25) is 5.91 Å². The van der Waals surface area contributed by atoms with Crippen molar-refractivity contribution >= 4 is 22.9 Å². The van der Waals surface area contributed by atoms with E-state index in [-0.39, 0.29) is 16.4 Å². The molecule has 0 radical (unpaired) electrons. The average Bonchev–Trinajstić information content (AvgIpc) is 2.61.